The topological polar surface area (TPSA) is 79.5 Å². The number of aromatic carboxylic acids is 1. The summed E-state index contributed by atoms with van der Waals surface area (Å²) in [4.78, 5) is 23.3. The number of carbonyl (C=O) groups excluding carboxylic acids is 1. The third-order valence-corrected chi connectivity index (χ3v) is 3.83. The summed E-state index contributed by atoms with van der Waals surface area (Å²) < 4.78 is 5.09. The van der Waals surface area contributed by atoms with Crippen LogP contribution in [0.3, 0.4) is 0 Å². The highest BCUT2D eigenvalue weighted by Gasteiger charge is 2.19. The molecule has 0 unspecified atom stereocenters. The predicted molar refractivity (Wildman–Crippen MR) is 86.2 cm³/mol. The number of carbonyl (C=O) groups is 2. The molecule has 2 rings (SSSR count). The van der Waals surface area contributed by atoms with E-state index in [1.165, 1.54) is 29.8 Å². The average molecular weight is 319 g/mol. The van der Waals surface area contributed by atoms with Gasteiger partial charge in [0.25, 0.3) is 0 Å². The Morgan fingerprint density at radius 1 is 1.45 bits per heavy atom. The fraction of sp³-hybridized carbons (Fsp3) is 0.250. The first kappa shape index (κ1) is 16.0. The molecule has 0 aliphatic heterocycles. The predicted octanol–water partition coefficient (Wildman–Crippen LogP) is 3.89. The molecule has 0 saturated heterocycles. The van der Waals surface area contributed by atoms with Crippen LogP contribution >= 0.6 is 11.3 Å². The van der Waals surface area contributed by atoms with Gasteiger partial charge in [-0.3, -0.25) is 4.79 Å². The van der Waals surface area contributed by atoms with Crippen molar-refractivity contribution in [3.05, 3.63) is 46.7 Å². The maximum atomic E-state index is 11.9. The molecule has 5 nitrogen and oxygen atoms in total. The minimum absolute atomic E-state index is 0.179. The third-order valence-electron chi connectivity index (χ3n) is 2.89. The van der Waals surface area contributed by atoms with Crippen molar-refractivity contribution in [1.82, 2.24) is 0 Å². The molecule has 116 valence electrons. The summed E-state index contributed by atoms with van der Waals surface area (Å²) in [5.74, 6) is -0.519. The molecule has 0 bridgehead atoms. The number of hydrogen-bond donors (Lipinski definition) is 2. The second-order valence-electron chi connectivity index (χ2n) is 5.21. The van der Waals surface area contributed by atoms with Gasteiger partial charge in [-0.1, -0.05) is 13.8 Å². The molecule has 0 aliphatic carbocycles. The maximum absolute atomic E-state index is 11.9. The van der Waals surface area contributed by atoms with Crippen molar-refractivity contribution in [3.8, 4) is 0 Å². The van der Waals surface area contributed by atoms with Crippen LogP contribution in [0.5, 0.6) is 0 Å². The Morgan fingerprint density at radius 2 is 2.23 bits per heavy atom. The van der Waals surface area contributed by atoms with Crippen LogP contribution in [0, 0.1) is 5.92 Å². The van der Waals surface area contributed by atoms with Crippen molar-refractivity contribution in [2.45, 2.75) is 20.3 Å². The van der Waals surface area contributed by atoms with Gasteiger partial charge in [0.05, 0.1) is 11.8 Å². The zero-order valence-corrected chi connectivity index (χ0v) is 13.1. The van der Waals surface area contributed by atoms with Crippen LogP contribution in [0.2, 0.25) is 0 Å². The number of thiophene rings is 1. The lowest BCUT2D eigenvalue weighted by Gasteiger charge is -2.06. The number of rotatable bonds is 6. The molecule has 22 heavy (non-hydrogen) atoms. The fourth-order valence-corrected chi connectivity index (χ4v) is 2.98. The molecule has 0 fully saturated rings. The van der Waals surface area contributed by atoms with Gasteiger partial charge >= 0.3 is 5.97 Å². The monoisotopic (exact) mass is 319 g/mol. The van der Waals surface area contributed by atoms with Crippen molar-refractivity contribution < 1.29 is 19.1 Å². The largest absolute Gasteiger partial charge is 0.478 e. The van der Waals surface area contributed by atoms with Gasteiger partial charge in [0.2, 0.25) is 5.91 Å². The fourth-order valence-electron chi connectivity index (χ4n) is 2.01. The molecular formula is C16H17NO4S. The summed E-state index contributed by atoms with van der Waals surface area (Å²) in [6, 6.07) is 3.44. The van der Waals surface area contributed by atoms with Crippen LogP contribution in [0.4, 0.5) is 5.00 Å². The van der Waals surface area contributed by atoms with Gasteiger partial charge in [-0.05, 0) is 41.5 Å². The van der Waals surface area contributed by atoms with E-state index in [2.05, 4.69) is 5.32 Å². The number of carboxylic acid groups (broad SMARTS) is 1. The molecule has 0 radical (unpaired) electrons. The van der Waals surface area contributed by atoms with Gasteiger partial charge in [-0.25, -0.2) is 4.79 Å². The van der Waals surface area contributed by atoms with Crippen LogP contribution in [-0.4, -0.2) is 17.0 Å². The highest BCUT2D eigenvalue weighted by Crippen LogP contribution is 2.30. The molecule has 0 aliphatic rings. The highest BCUT2D eigenvalue weighted by molar-refractivity contribution is 7.15. The number of furan rings is 1. The van der Waals surface area contributed by atoms with E-state index in [0.29, 0.717) is 23.1 Å². The van der Waals surface area contributed by atoms with Crippen molar-refractivity contribution in [2.24, 2.45) is 5.92 Å². The first-order chi connectivity index (χ1) is 10.5. The Kier molecular flexibility index (Phi) is 5.16. The number of hydrogen-bond acceptors (Lipinski definition) is 4. The van der Waals surface area contributed by atoms with E-state index < -0.39 is 11.9 Å². The Hall–Kier alpha value is -2.34. The molecule has 2 heterocycles. The third kappa shape index (κ3) is 4.08. The average Bonchev–Trinajstić information content (AvgIpc) is 3.05. The molecule has 0 aromatic carbocycles. The lowest BCUT2D eigenvalue weighted by atomic mass is 10.0. The summed E-state index contributed by atoms with van der Waals surface area (Å²) in [5, 5.41) is 14.1. The molecule has 0 atom stereocenters. The Bertz CT molecular complexity index is 683. The normalized spacial score (nSPS) is 11.2. The van der Waals surface area contributed by atoms with E-state index in [9.17, 15) is 14.7 Å². The van der Waals surface area contributed by atoms with Gasteiger partial charge < -0.3 is 14.8 Å². The van der Waals surface area contributed by atoms with E-state index in [1.807, 2.05) is 13.8 Å². The van der Waals surface area contributed by atoms with Crippen LogP contribution in [-0.2, 0) is 11.2 Å². The molecule has 1 amide bonds. The van der Waals surface area contributed by atoms with Crippen molar-refractivity contribution in [3.63, 3.8) is 0 Å². The highest BCUT2D eigenvalue weighted by atomic mass is 32.1. The molecular weight excluding hydrogens is 302 g/mol. The lowest BCUT2D eigenvalue weighted by molar-refractivity contribution is -0.111. The minimum atomic E-state index is -1.03. The van der Waals surface area contributed by atoms with Crippen molar-refractivity contribution in [1.29, 1.82) is 0 Å². The lowest BCUT2D eigenvalue weighted by Crippen LogP contribution is -2.11. The SMILES string of the molecule is CC(C)Cc1csc(NC(=O)C=Cc2ccco2)c1C(=O)O. The number of amides is 1. The molecule has 2 aromatic rings. The minimum Gasteiger partial charge on any atom is -0.478 e. The Morgan fingerprint density at radius 3 is 2.82 bits per heavy atom. The van der Waals surface area contributed by atoms with Crippen LogP contribution in [0.15, 0.2) is 34.3 Å². The molecule has 6 heteroatoms. The van der Waals surface area contributed by atoms with Gasteiger partial charge in [0, 0.05) is 6.08 Å². The maximum Gasteiger partial charge on any atom is 0.338 e. The Labute approximate surface area is 132 Å². The standard InChI is InChI=1S/C16H17NO4S/c1-10(2)8-11-9-22-15(14(11)16(19)20)17-13(18)6-5-12-4-3-7-21-12/h3-7,9-10H,8H2,1-2H3,(H,17,18)(H,19,20). The zero-order chi connectivity index (χ0) is 16.1. The van der Waals surface area contributed by atoms with Gasteiger partial charge in [-0.15, -0.1) is 11.3 Å². The Balaban J connectivity index is 2.13. The van der Waals surface area contributed by atoms with E-state index >= 15 is 0 Å². The molecule has 0 saturated carbocycles. The molecule has 0 spiro atoms. The van der Waals surface area contributed by atoms with Crippen LogP contribution in [0.25, 0.3) is 6.08 Å². The van der Waals surface area contributed by atoms with E-state index in [1.54, 1.807) is 17.5 Å². The zero-order valence-electron chi connectivity index (χ0n) is 12.3. The van der Waals surface area contributed by atoms with Crippen molar-refractivity contribution in [2.75, 3.05) is 5.32 Å². The van der Waals surface area contributed by atoms with E-state index in [0.717, 1.165) is 5.56 Å². The van der Waals surface area contributed by atoms with Crippen LogP contribution in [0.1, 0.15) is 35.5 Å². The number of nitrogens with one attached hydrogen (secondary N) is 1. The quantitative estimate of drug-likeness (QED) is 0.792. The molecule has 2 N–H and O–H groups in total. The molecule has 2 aromatic heterocycles. The second-order valence-corrected chi connectivity index (χ2v) is 6.09. The summed E-state index contributed by atoms with van der Waals surface area (Å²) in [7, 11) is 0. The van der Waals surface area contributed by atoms with Gasteiger partial charge in [-0.2, -0.15) is 0 Å². The summed E-state index contributed by atoms with van der Waals surface area (Å²) in [6.07, 6.45) is 5.01. The summed E-state index contributed by atoms with van der Waals surface area (Å²) in [6.45, 7) is 4.04. The second kappa shape index (κ2) is 7.09. The van der Waals surface area contributed by atoms with Gasteiger partial charge in [0.1, 0.15) is 10.8 Å². The number of anilines is 1. The number of carboxylic acids is 1. The van der Waals surface area contributed by atoms with Crippen LogP contribution < -0.4 is 5.32 Å². The smallest absolute Gasteiger partial charge is 0.338 e. The first-order valence-electron chi connectivity index (χ1n) is 6.83. The van der Waals surface area contributed by atoms with Crippen molar-refractivity contribution >= 4 is 34.3 Å². The summed E-state index contributed by atoms with van der Waals surface area (Å²) in [5.41, 5.74) is 0.927. The van der Waals surface area contributed by atoms with Gasteiger partial charge in [0.15, 0.2) is 0 Å². The summed E-state index contributed by atoms with van der Waals surface area (Å²) >= 11 is 1.23. The first-order valence-corrected chi connectivity index (χ1v) is 7.71. The van der Waals surface area contributed by atoms with E-state index in [-0.39, 0.29) is 5.56 Å². The van der Waals surface area contributed by atoms with E-state index in [4.69, 9.17) is 4.42 Å².